The molecule has 0 atom stereocenters. The van der Waals surface area contributed by atoms with Crippen LogP contribution in [-0.2, 0) is 0 Å². The summed E-state index contributed by atoms with van der Waals surface area (Å²) < 4.78 is 26.7. The van der Waals surface area contributed by atoms with Crippen LogP contribution in [0.5, 0.6) is 0 Å². The van der Waals surface area contributed by atoms with Crippen LogP contribution < -0.4 is 4.90 Å². The fraction of sp³-hybridized carbons (Fsp3) is 0.267. The first-order valence-corrected chi connectivity index (χ1v) is 7.56. The molecule has 1 aliphatic rings. The van der Waals surface area contributed by atoms with E-state index < -0.39 is 11.6 Å². The maximum absolute atomic E-state index is 13.8. The zero-order chi connectivity index (χ0) is 14.8. The molecule has 1 aromatic carbocycles. The molecule has 1 saturated heterocycles. The molecular formula is C15H14F2N2OS. The summed E-state index contributed by atoms with van der Waals surface area (Å²) in [6.45, 7) is 2.15. The normalized spacial score (nSPS) is 15.3. The number of benzene rings is 1. The average Bonchev–Trinajstić information content (AvgIpc) is 3.01. The Bertz CT molecular complexity index is 637. The van der Waals surface area contributed by atoms with Crippen molar-refractivity contribution in [3.8, 4) is 0 Å². The Morgan fingerprint density at radius 2 is 1.86 bits per heavy atom. The van der Waals surface area contributed by atoms with Gasteiger partial charge in [-0.3, -0.25) is 4.79 Å². The van der Waals surface area contributed by atoms with Crippen LogP contribution in [0.25, 0.3) is 0 Å². The second-order valence-corrected chi connectivity index (χ2v) is 5.80. The van der Waals surface area contributed by atoms with E-state index in [0.29, 0.717) is 31.9 Å². The number of thiophene rings is 1. The lowest BCUT2D eigenvalue weighted by Gasteiger charge is -2.36. The molecule has 6 heteroatoms. The molecule has 1 amide bonds. The highest BCUT2D eigenvalue weighted by Crippen LogP contribution is 2.22. The number of halogens is 2. The first-order valence-electron chi connectivity index (χ1n) is 6.68. The van der Waals surface area contributed by atoms with Crippen molar-refractivity contribution in [1.29, 1.82) is 0 Å². The minimum absolute atomic E-state index is 0.0178. The Balaban J connectivity index is 1.66. The number of hydrogen-bond acceptors (Lipinski definition) is 3. The van der Waals surface area contributed by atoms with Crippen LogP contribution in [0, 0.1) is 11.6 Å². The van der Waals surface area contributed by atoms with Gasteiger partial charge in [-0.2, -0.15) is 0 Å². The van der Waals surface area contributed by atoms with E-state index >= 15 is 0 Å². The van der Waals surface area contributed by atoms with E-state index in [1.807, 2.05) is 16.3 Å². The molecule has 0 saturated carbocycles. The zero-order valence-electron chi connectivity index (χ0n) is 11.3. The molecule has 3 rings (SSSR count). The minimum Gasteiger partial charge on any atom is -0.366 e. The van der Waals surface area contributed by atoms with Crippen LogP contribution >= 0.6 is 11.3 Å². The predicted octanol–water partition coefficient (Wildman–Crippen LogP) is 2.99. The van der Waals surface area contributed by atoms with Crippen LogP contribution in [0.4, 0.5) is 14.5 Å². The summed E-state index contributed by atoms with van der Waals surface area (Å²) in [5, 5.41) is 1.87. The Kier molecular flexibility index (Phi) is 3.88. The molecule has 0 spiro atoms. The molecular weight excluding hydrogens is 294 g/mol. The van der Waals surface area contributed by atoms with Gasteiger partial charge in [0.2, 0.25) is 0 Å². The molecule has 1 aromatic heterocycles. The number of hydrogen-bond donors (Lipinski definition) is 0. The van der Waals surface area contributed by atoms with Gasteiger partial charge in [-0.25, -0.2) is 8.78 Å². The van der Waals surface area contributed by atoms with Gasteiger partial charge in [-0.05, 0) is 23.6 Å². The van der Waals surface area contributed by atoms with Crippen LogP contribution in [0.3, 0.4) is 0 Å². The molecule has 2 aromatic rings. The van der Waals surface area contributed by atoms with Gasteiger partial charge in [0.15, 0.2) is 0 Å². The van der Waals surface area contributed by atoms with Crippen LogP contribution in [0.2, 0.25) is 0 Å². The van der Waals surface area contributed by atoms with Gasteiger partial charge in [-0.15, -0.1) is 11.3 Å². The predicted molar refractivity (Wildman–Crippen MR) is 78.8 cm³/mol. The molecule has 3 nitrogen and oxygen atoms in total. The highest BCUT2D eigenvalue weighted by atomic mass is 32.1. The lowest BCUT2D eigenvalue weighted by Crippen LogP contribution is -2.48. The number of piperazine rings is 1. The third kappa shape index (κ3) is 2.90. The van der Waals surface area contributed by atoms with Crippen LogP contribution in [0.1, 0.15) is 9.67 Å². The van der Waals surface area contributed by atoms with Crippen molar-refractivity contribution < 1.29 is 13.6 Å². The maximum atomic E-state index is 13.8. The van der Waals surface area contributed by atoms with Crippen molar-refractivity contribution in [2.45, 2.75) is 0 Å². The Morgan fingerprint density at radius 3 is 2.48 bits per heavy atom. The first kappa shape index (κ1) is 14.0. The number of nitrogens with zero attached hydrogens (tertiary/aromatic N) is 2. The van der Waals surface area contributed by atoms with Crippen molar-refractivity contribution in [3.05, 3.63) is 52.2 Å². The molecule has 0 N–H and O–H groups in total. The van der Waals surface area contributed by atoms with Crippen molar-refractivity contribution >= 4 is 22.9 Å². The summed E-state index contributed by atoms with van der Waals surface area (Å²) in [6.07, 6.45) is 0. The molecule has 1 aliphatic heterocycles. The van der Waals surface area contributed by atoms with E-state index in [9.17, 15) is 13.6 Å². The van der Waals surface area contributed by atoms with E-state index in [0.717, 1.165) is 10.9 Å². The van der Waals surface area contributed by atoms with E-state index in [-0.39, 0.29) is 5.91 Å². The Hall–Kier alpha value is -1.95. The fourth-order valence-corrected chi connectivity index (χ4v) is 3.14. The number of carbonyl (C=O) groups is 1. The second-order valence-electron chi connectivity index (χ2n) is 4.85. The van der Waals surface area contributed by atoms with Crippen molar-refractivity contribution in [2.75, 3.05) is 31.1 Å². The Labute approximate surface area is 125 Å². The van der Waals surface area contributed by atoms with Gasteiger partial charge in [0.25, 0.3) is 5.91 Å². The maximum Gasteiger partial charge on any atom is 0.264 e. The van der Waals surface area contributed by atoms with E-state index in [4.69, 9.17) is 0 Å². The van der Waals surface area contributed by atoms with Gasteiger partial charge < -0.3 is 9.80 Å². The smallest absolute Gasteiger partial charge is 0.264 e. The third-order valence-corrected chi connectivity index (χ3v) is 4.41. The van der Waals surface area contributed by atoms with E-state index in [2.05, 4.69) is 0 Å². The van der Waals surface area contributed by atoms with E-state index in [1.54, 1.807) is 11.0 Å². The molecule has 0 bridgehead atoms. The zero-order valence-corrected chi connectivity index (χ0v) is 12.1. The van der Waals surface area contributed by atoms with Gasteiger partial charge >= 0.3 is 0 Å². The SMILES string of the molecule is O=C(c1cccs1)N1CCN(c2ccc(F)cc2F)CC1. The summed E-state index contributed by atoms with van der Waals surface area (Å²) in [5.41, 5.74) is 0.389. The van der Waals surface area contributed by atoms with Crippen molar-refractivity contribution in [3.63, 3.8) is 0 Å². The van der Waals surface area contributed by atoms with Gasteiger partial charge in [0.05, 0.1) is 10.6 Å². The lowest BCUT2D eigenvalue weighted by molar-refractivity contribution is 0.0751. The third-order valence-electron chi connectivity index (χ3n) is 3.55. The van der Waals surface area contributed by atoms with Crippen molar-refractivity contribution in [1.82, 2.24) is 4.90 Å². The standard InChI is InChI=1S/C15H14F2N2OS/c16-11-3-4-13(12(17)10-11)18-5-7-19(8-6-18)15(20)14-2-1-9-21-14/h1-4,9-10H,5-8H2. The monoisotopic (exact) mass is 308 g/mol. The summed E-state index contributed by atoms with van der Waals surface area (Å²) in [6, 6.07) is 7.24. The molecule has 1 fully saturated rings. The highest BCUT2D eigenvalue weighted by Gasteiger charge is 2.24. The molecule has 110 valence electrons. The fourth-order valence-electron chi connectivity index (χ4n) is 2.44. The van der Waals surface area contributed by atoms with Crippen LogP contribution in [0.15, 0.2) is 35.7 Å². The number of amides is 1. The number of rotatable bonds is 2. The summed E-state index contributed by atoms with van der Waals surface area (Å²) in [4.78, 5) is 16.5. The van der Waals surface area contributed by atoms with E-state index in [1.165, 1.54) is 23.5 Å². The second kappa shape index (κ2) is 5.81. The van der Waals surface area contributed by atoms with Gasteiger partial charge in [0, 0.05) is 32.2 Å². The highest BCUT2D eigenvalue weighted by molar-refractivity contribution is 7.12. The Morgan fingerprint density at radius 1 is 1.10 bits per heavy atom. The first-order chi connectivity index (χ1) is 10.1. The molecule has 2 heterocycles. The van der Waals surface area contributed by atoms with Crippen molar-refractivity contribution in [2.24, 2.45) is 0 Å². The number of anilines is 1. The minimum atomic E-state index is -0.581. The van der Waals surface area contributed by atoms with Gasteiger partial charge in [-0.1, -0.05) is 6.07 Å². The lowest BCUT2D eigenvalue weighted by atomic mass is 10.2. The topological polar surface area (TPSA) is 23.6 Å². The molecule has 0 aliphatic carbocycles. The summed E-state index contributed by atoms with van der Waals surface area (Å²) in [7, 11) is 0. The van der Waals surface area contributed by atoms with Gasteiger partial charge in [0.1, 0.15) is 11.6 Å². The largest absolute Gasteiger partial charge is 0.366 e. The van der Waals surface area contributed by atoms with Crippen LogP contribution in [-0.4, -0.2) is 37.0 Å². The summed E-state index contributed by atoms with van der Waals surface area (Å²) >= 11 is 1.42. The molecule has 0 unspecified atom stereocenters. The average molecular weight is 308 g/mol. The quantitative estimate of drug-likeness (QED) is 0.851. The number of carbonyl (C=O) groups excluding carboxylic acids is 1. The molecule has 0 radical (unpaired) electrons. The molecule has 21 heavy (non-hydrogen) atoms. The summed E-state index contributed by atoms with van der Waals surface area (Å²) in [5.74, 6) is -1.12.